The molecule has 0 amide bonds. The lowest BCUT2D eigenvalue weighted by atomic mass is 10.2. The van der Waals surface area contributed by atoms with E-state index in [2.05, 4.69) is 45.2 Å². The number of piperazine rings is 1. The monoisotopic (exact) mass is 276 g/mol. The standard InChI is InChI=1S/C14H20N4S/c1-3-17-6-8-18(9-7-17)11-4-5-12-13(10-11)19-14(15-2)16-12/h4-5,10H,3,6-9H2,1-2H3,(H,15,16). The molecule has 4 nitrogen and oxygen atoms in total. The van der Waals surface area contributed by atoms with Crippen LogP contribution in [0, 0.1) is 0 Å². The maximum absolute atomic E-state index is 4.52. The molecule has 1 N–H and O–H groups in total. The minimum absolute atomic E-state index is 0.989. The van der Waals surface area contributed by atoms with Gasteiger partial charge in [0.1, 0.15) is 0 Å². The summed E-state index contributed by atoms with van der Waals surface area (Å²) in [5.74, 6) is 0. The summed E-state index contributed by atoms with van der Waals surface area (Å²) < 4.78 is 1.26. The molecule has 1 saturated heterocycles. The zero-order valence-electron chi connectivity index (χ0n) is 11.5. The van der Waals surface area contributed by atoms with E-state index in [1.807, 2.05) is 7.05 Å². The van der Waals surface area contributed by atoms with Gasteiger partial charge in [-0.25, -0.2) is 4.98 Å². The van der Waals surface area contributed by atoms with E-state index < -0.39 is 0 Å². The van der Waals surface area contributed by atoms with E-state index in [4.69, 9.17) is 0 Å². The molecule has 0 unspecified atom stereocenters. The number of hydrogen-bond acceptors (Lipinski definition) is 5. The Morgan fingerprint density at radius 3 is 2.74 bits per heavy atom. The summed E-state index contributed by atoms with van der Waals surface area (Å²) in [7, 11) is 1.92. The molecular formula is C14H20N4S. The molecule has 0 bridgehead atoms. The molecule has 0 radical (unpaired) electrons. The van der Waals surface area contributed by atoms with Crippen LogP contribution in [0.5, 0.6) is 0 Å². The van der Waals surface area contributed by atoms with E-state index in [0.29, 0.717) is 0 Å². The quantitative estimate of drug-likeness (QED) is 0.933. The van der Waals surface area contributed by atoms with E-state index in [-0.39, 0.29) is 0 Å². The van der Waals surface area contributed by atoms with Crippen molar-refractivity contribution in [2.45, 2.75) is 6.92 Å². The van der Waals surface area contributed by atoms with Gasteiger partial charge in [0, 0.05) is 38.9 Å². The fourth-order valence-electron chi connectivity index (χ4n) is 2.54. The summed E-state index contributed by atoms with van der Waals surface area (Å²) >= 11 is 1.72. The summed E-state index contributed by atoms with van der Waals surface area (Å²) in [5.41, 5.74) is 2.42. The number of fused-ring (bicyclic) bond motifs is 1. The molecular weight excluding hydrogens is 256 g/mol. The molecule has 0 atom stereocenters. The third kappa shape index (κ3) is 2.53. The number of anilines is 2. The van der Waals surface area contributed by atoms with Crippen LogP contribution in [0.3, 0.4) is 0 Å². The van der Waals surface area contributed by atoms with Crippen LogP contribution in [-0.4, -0.2) is 49.7 Å². The van der Waals surface area contributed by atoms with Crippen molar-refractivity contribution in [3.63, 3.8) is 0 Å². The highest BCUT2D eigenvalue weighted by Gasteiger charge is 2.16. The summed E-state index contributed by atoms with van der Waals surface area (Å²) in [5, 5.41) is 4.10. The minimum Gasteiger partial charge on any atom is -0.369 e. The highest BCUT2D eigenvalue weighted by Crippen LogP contribution is 2.29. The Morgan fingerprint density at radius 2 is 2.05 bits per heavy atom. The van der Waals surface area contributed by atoms with Gasteiger partial charge in [0.2, 0.25) is 0 Å². The molecule has 0 aliphatic carbocycles. The number of likely N-dealkylation sites (N-methyl/N-ethyl adjacent to an activating group) is 1. The van der Waals surface area contributed by atoms with Gasteiger partial charge in [0.05, 0.1) is 10.2 Å². The van der Waals surface area contributed by atoms with Gasteiger partial charge in [0.25, 0.3) is 0 Å². The topological polar surface area (TPSA) is 31.4 Å². The van der Waals surface area contributed by atoms with Gasteiger partial charge in [-0.1, -0.05) is 18.3 Å². The maximum Gasteiger partial charge on any atom is 0.183 e. The van der Waals surface area contributed by atoms with Crippen LogP contribution in [0.15, 0.2) is 18.2 Å². The Labute approximate surface area is 118 Å². The summed E-state index contributed by atoms with van der Waals surface area (Å²) in [6.07, 6.45) is 0. The molecule has 0 saturated carbocycles. The Hall–Kier alpha value is -1.33. The normalized spacial score (nSPS) is 17.1. The van der Waals surface area contributed by atoms with Crippen molar-refractivity contribution in [2.75, 3.05) is 50.0 Å². The first-order chi connectivity index (χ1) is 9.30. The first-order valence-corrected chi connectivity index (χ1v) is 7.67. The summed E-state index contributed by atoms with van der Waals surface area (Å²) in [6.45, 7) is 7.97. The molecule has 19 heavy (non-hydrogen) atoms. The van der Waals surface area contributed by atoms with Gasteiger partial charge >= 0.3 is 0 Å². The Morgan fingerprint density at radius 1 is 1.26 bits per heavy atom. The number of rotatable bonds is 3. The molecule has 3 rings (SSSR count). The third-order valence-corrected chi connectivity index (χ3v) is 4.81. The number of aromatic nitrogens is 1. The average Bonchev–Trinajstić information content (AvgIpc) is 2.89. The van der Waals surface area contributed by atoms with E-state index in [1.165, 1.54) is 23.5 Å². The van der Waals surface area contributed by atoms with Crippen LogP contribution >= 0.6 is 11.3 Å². The summed E-state index contributed by atoms with van der Waals surface area (Å²) in [6, 6.07) is 6.60. The number of nitrogens with one attached hydrogen (secondary N) is 1. The Kier molecular flexibility index (Phi) is 3.57. The summed E-state index contributed by atoms with van der Waals surface area (Å²) in [4.78, 5) is 9.50. The van der Waals surface area contributed by atoms with Crippen LogP contribution in [0.4, 0.5) is 10.8 Å². The highest BCUT2D eigenvalue weighted by atomic mass is 32.1. The van der Waals surface area contributed by atoms with Gasteiger partial charge in [-0.15, -0.1) is 0 Å². The predicted octanol–water partition coefficient (Wildman–Crippen LogP) is 2.48. The van der Waals surface area contributed by atoms with Gasteiger partial charge < -0.3 is 15.1 Å². The third-order valence-electron chi connectivity index (χ3n) is 3.77. The van der Waals surface area contributed by atoms with Crippen molar-refractivity contribution in [1.82, 2.24) is 9.88 Å². The zero-order chi connectivity index (χ0) is 13.2. The van der Waals surface area contributed by atoms with Gasteiger partial charge in [0.15, 0.2) is 5.13 Å². The predicted molar refractivity (Wildman–Crippen MR) is 83.5 cm³/mol. The van der Waals surface area contributed by atoms with E-state index in [0.717, 1.165) is 30.3 Å². The average molecular weight is 276 g/mol. The van der Waals surface area contributed by atoms with E-state index >= 15 is 0 Å². The molecule has 5 heteroatoms. The molecule has 2 aromatic rings. The Balaban J connectivity index is 1.81. The van der Waals surface area contributed by atoms with Crippen molar-refractivity contribution in [1.29, 1.82) is 0 Å². The number of thiazole rings is 1. The lowest BCUT2D eigenvalue weighted by Gasteiger charge is -2.35. The lowest BCUT2D eigenvalue weighted by Crippen LogP contribution is -2.46. The number of benzene rings is 1. The smallest absolute Gasteiger partial charge is 0.183 e. The molecule has 1 aromatic carbocycles. The highest BCUT2D eigenvalue weighted by molar-refractivity contribution is 7.22. The van der Waals surface area contributed by atoms with Crippen LogP contribution < -0.4 is 10.2 Å². The van der Waals surface area contributed by atoms with Crippen LogP contribution in [-0.2, 0) is 0 Å². The second-order valence-corrected chi connectivity index (χ2v) is 5.87. The Bertz CT molecular complexity index is 558. The van der Waals surface area contributed by atoms with E-state index in [9.17, 15) is 0 Å². The van der Waals surface area contributed by atoms with E-state index in [1.54, 1.807) is 11.3 Å². The number of hydrogen-bond donors (Lipinski definition) is 1. The van der Waals surface area contributed by atoms with Crippen LogP contribution in [0.25, 0.3) is 10.2 Å². The first-order valence-electron chi connectivity index (χ1n) is 6.86. The fourth-order valence-corrected chi connectivity index (χ4v) is 3.39. The molecule has 1 aromatic heterocycles. The molecule has 1 aliphatic heterocycles. The fraction of sp³-hybridized carbons (Fsp3) is 0.500. The lowest BCUT2D eigenvalue weighted by molar-refractivity contribution is 0.271. The zero-order valence-corrected chi connectivity index (χ0v) is 12.3. The van der Waals surface area contributed by atoms with Gasteiger partial charge in [-0.2, -0.15) is 0 Å². The van der Waals surface area contributed by atoms with Gasteiger partial charge in [-0.3, -0.25) is 0 Å². The van der Waals surface area contributed by atoms with Crippen LogP contribution in [0.1, 0.15) is 6.92 Å². The van der Waals surface area contributed by atoms with Crippen molar-refractivity contribution in [2.24, 2.45) is 0 Å². The number of nitrogens with zero attached hydrogens (tertiary/aromatic N) is 3. The van der Waals surface area contributed by atoms with Crippen molar-refractivity contribution < 1.29 is 0 Å². The molecule has 1 fully saturated rings. The van der Waals surface area contributed by atoms with Crippen molar-refractivity contribution >= 4 is 32.4 Å². The van der Waals surface area contributed by atoms with Crippen LogP contribution in [0.2, 0.25) is 0 Å². The molecule has 0 spiro atoms. The second kappa shape index (κ2) is 5.35. The maximum atomic E-state index is 4.52. The van der Waals surface area contributed by atoms with Crippen molar-refractivity contribution in [3.8, 4) is 0 Å². The first kappa shape index (κ1) is 12.7. The molecule has 2 heterocycles. The SMILES string of the molecule is CCN1CCN(c2ccc3nc(NC)sc3c2)CC1. The second-order valence-electron chi connectivity index (χ2n) is 4.84. The van der Waals surface area contributed by atoms with Crippen molar-refractivity contribution in [3.05, 3.63) is 18.2 Å². The van der Waals surface area contributed by atoms with Gasteiger partial charge in [-0.05, 0) is 24.7 Å². The largest absolute Gasteiger partial charge is 0.369 e. The minimum atomic E-state index is 0.989. The molecule has 1 aliphatic rings. The molecule has 102 valence electrons.